The van der Waals surface area contributed by atoms with Crippen LogP contribution >= 0.6 is 11.8 Å². The molecule has 0 aliphatic rings. The summed E-state index contributed by atoms with van der Waals surface area (Å²) in [5, 5.41) is 8.10. The first-order valence-corrected chi connectivity index (χ1v) is 7.84. The van der Waals surface area contributed by atoms with Crippen LogP contribution in [-0.2, 0) is 5.75 Å². The van der Waals surface area contributed by atoms with E-state index in [1.807, 2.05) is 30.3 Å². The summed E-state index contributed by atoms with van der Waals surface area (Å²) in [5.74, 6) is 0.453. The van der Waals surface area contributed by atoms with Gasteiger partial charge >= 0.3 is 6.36 Å². The molecule has 24 heavy (non-hydrogen) atoms. The van der Waals surface area contributed by atoms with Crippen molar-refractivity contribution < 1.29 is 22.3 Å². The lowest BCUT2D eigenvalue weighted by atomic mass is 10.2. The Balaban J connectivity index is 1.70. The Morgan fingerprint density at radius 1 is 1.00 bits per heavy atom. The van der Waals surface area contributed by atoms with Crippen molar-refractivity contribution in [3.63, 3.8) is 0 Å². The number of nitrogens with zero attached hydrogens (tertiary/aromatic N) is 2. The molecule has 3 aromatic rings. The van der Waals surface area contributed by atoms with E-state index in [0.717, 1.165) is 5.56 Å². The molecule has 0 bridgehead atoms. The molecule has 3 rings (SSSR count). The van der Waals surface area contributed by atoms with E-state index in [9.17, 15) is 13.2 Å². The number of thioether (sulfide) groups is 1. The molecule has 1 aromatic heterocycles. The zero-order valence-corrected chi connectivity index (χ0v) is 13.0. The fourth-order valence-electron chi connectivity index (χ4n) is 1.93. The van der Waals surface area contributed by atoms with E-state index in [1.54, 1.807) is 6.07 Å². The number of hydrogen-bond donors (Lipinski definition) is 0. The van der Waals surface area contributed by atoms with Crippen LogP contribution in [0.25, 0.3) is 11.5 Å². The summed E-state index contributed by atoms with van der Waals surface area (Å²) in [6, 6.07) is 15.1. The largest absolute Gasteiger partial charge is 0.573 e. The average molecular weight is 352 g/mol. The Morgan fingerprint density at radius 2 is 1.79 bits per heavy atom. The predicted molar refractivity (Wildman–Crippen MR) is 82.4 cm³/mol. The Kier molecular flexibility index (Phi) is 4.75. The maximum absolute atomic E-state index is 12.3. The topological polar surface area (TPSA) is 48.2 Å². The van der Waals surface area contributed by atoms with Crippen LogP contribution in [0.4, 0.5) is 13.2 Å². The molecule has 2 aromatic carbocycles. The number of alkyl halides is 3. The van der Waals surface area contributed by atoms with Crippen LogP contribution < -0.4 is 4.74 Å². The third-order valence-corrected chi connectivity index (χ3v) is 3.82. The van der Waals surface area contributed by atoms with E-state index in [-0.39, 0.29) is 11.6 Å². The Morgan fingerprint density at radius 3 is 2.54 bits per heavy atom. The van der Waals surface area contributed by atoms with Gasteiger partial charge in [-0.25, -0.2) is 0 Å². The van der Waals surface area contributed by atoms with Gasteiger partial charge < -0.3 is 9.15 Å². The van der Waals surface area contributed by atoms with Crippen molar-refractivity contribution in [2.24, 2.45) is 0 Å². The van der Waals surface area contributed by atoms with Crippen molar-refractivity contribution in [1.82, 2.24) is 10.2 Å². The van der Waals surface area contributed by atoms with Gasteiger partial charge in [-0.1, -0.05) is 48.2 Å². The number of hydrogen-bond acceptors (Lipinski definition) is 5. The number of halogens is 3. The molecular formula is C16H11F3N2O2S. The molecule has 1 heterocycles. The highest BCUT2D eigenvalue weighted by Gasteiger charge is 2.31. The molecule has 0 atom stereocenters. The Hall–Kier alpha value is -2.48. The first kappa shape index (κ1) is 16.4. The van der Waals surface area contributed by atoms with E-state index in [2.05, 4.69) is 14.9 Å². The van der Waals surface area contributed by atoms with Crippen molar-refractivity contribution in [3.05, 3.63) is 60.2 Å². The second-order valence-electron chi connectivity index (χ2n) is 4.72. The normalized spacial score (nSPS) is 11.5. The van der Waals surface area contributed by atoms with Crippen LogP contribution in [0.3, 0.4) is 0 Å². The van der Waals surface area contributed by atoms with Gasteiger partial charge in [0.2, 0.25) is 5.89 Å². The molecule has 124 valence electrons. The highest BCUT2D eigenvalue weighted by Crippen LogP contribution is 2.29. The van der Waals surface area contributed by atoms with Crippen LogP contribution in [0.15, 0.2) is 64.2 Å². The van der Waals surface area contributed by atoms with Crippen LogP contribution in [-0.4, -0.2) is 16.6 Å². The molecule has 0 fully saturated rings. The molecule has 0 aliphatic carbocycles. The first-order chi connectivity index (χ1) is 11.5. The molecule has 8 heteroatoms. The summed E-state index contributed by atoms with van der Waals surface area (Å²) in [6.07, 6.45) is -4.75. The van der Waals surface area contributed by atoms with E-state index in [4.69, 9.17) is 4.42 Å². The molecule has 0 unspecified atom stereocenters. The third kappa shape index (κ3) is 4.51. The van der Waals surface area contributed by atoms with Gasteiger partial charge in [0.25, 0.3) is 5.22 Å². The highest BCUT2D eigenvalue weighted by atomic mass is 32.2. The molecular weight excluding hydrogens is 341 g/mol. The van der Waals surface area contributed by atoms with E-state index >= 15 is 0 Å². The predicted octanol–water partition coefficient (Wildman–Crippen LogP) is 4.93. The Bertz CT molecular complexity index is 806. The SMILES string of the molecule is FC(F)(F)Oc1cccc(-c2nnc(SCc3ccccc3)o2)c1. The van der Waals surface area contributed by atoms with E-state index < -0.39 is 6.36 Å². The van der Waals surface area contributed by atoms with Crippen LogP contribution in [0.5, 0.6) is 5.75 Å². The summed E-state index contributed by atoms with van der Waals surface area (Å²) in [6.45, 7) is 0. The fraction of sp³-hybridized carbons (Fsp3) is 0.125. The standard InChI is InChI=1S/C16H11F3N2O2S/c17-16(18,19)23-13-8-4-7-12(9-13)14-20-21-15(22-14)24-10-11-5-2-1-3-6-11/h1-9H,10H2. The zero-order chi connectivity index (χ0) is 17.0. The van der Waals surface area contributed by atoms with Crippen molar-refractivity contribution in [2.75, 3.05) is 0 Å². The second-order valence-corrected chi connectivity index (χ2v) is 5.65. The third-order valence-electron chi connectivity index (χ3n) is 2.93. The Labute approximate surface area is 139 Å². The van der Waals surface area contributed by atoms with Crippen molar-refractivity contribution in [1.29, 1.82) is 0 Å². The van der Waals surface area contributed by atoms with Gasteiger partial charge in [-0.2, -0.15) is 0 Å². The summed E-state index contributed by atoms with van der Waals surface area (Å²) in [7, 11) is 0. The number of benzene rings is 2. The lowest BCUT2D eigenvalue weighted by molar-refractivity contribution is -0.274. The molecule has 0 aliphatic heterocycles. The minimum absolute atomic E-state index is 0.137. The van der Waals surface area contributed by atoms with Crippen molar-refractivity contribution >= 4 is 11.8 Å². The number of rotatable bonds is 5. The molecule has 4 nitrogen and oxygen atoms in total. The molecule has 0 N–H and O–H groups in total. The molecule has 0 amide bonds. The smallest absolute Gasteiger partial charge is 0.411 e. The highest BCUT2D eigenvalue weighted by molar-refractivity contribution is 7.98. The summed E-state index contributed by atoms with van der Waals surface area (Å²) in [5.41, 5.74) is 1.46. The van der Waals surface area contributed by atoms with Gasteiger partial charge in [0.15, 0.2) is 0 Å². The minimum Gasteiger partial charge on any atom is -0.411 e. The second kappa shape index (κ2) is 6.96. The van der Waals surface area contributed by atoms with Gasteiger partial charge in [-0.3, -0.25) is 0 Å². The van der Waals surface area contributed by atoms with Crippen LogP contribution in [0.1, 0.15) is 5.56 Å². The first-order valence-electron chi connectivity index (χ1n) is 6.86. The van der Waals surface area contributed by atoms with Gasteiger partial charge in [-0.05, 0) is 23.8 Å². The molecule has 0 saturated heterocycles. The van der Waals surface area contributed by atoms with Crippen LogP contribution in [0.2, 0.25) is 0 Å². The van der Waals surface area contributed by atoms with Crippen molar-refractivity contribution in [2.45, 2.75) is 17.3 Å². The van der Waals surface area contributed by atoms with Gasteiger partial charge in [0.1, 0.15) is 5.75 Å². The molecule has 0 saturated carbocycles. The maximum Gasteiger partial charge on any atom is 0.573 e. The molecule has 0 spiro atoms. The van der Waals surface area contributed by atoms with E-state index in [0.29, 0.717) is 16.5 Å². The number of ether oxygens (including phenoxy) is 1. The summed E-state index contributed by atoms with van der Waals surface area (Å²) in [4.78, 5) is 0. The fourth-order valence-corrected chi connectivity index (χ4v) is 2.65. The van der Waals surface area contributed by atoms with Gasteiger partial charge in [0.05, 0.1) is 0 Å². The molecule has 0 radical (unpaired) electrons. The summed E-state index contributed by atoms with van der Waals surface area (Å²) < 4.78 is 46.2. The quantitative estimate of drug-likeness (QED) is 0.610. The minimum atomic E-state index is -4.75. The van der Waals surface area contributed by atoms with Crippen molar-refractivity contribution in [3.8, 4) is 17.2 Å². The lowest BCUT2D eigenvalue weighted by Crippen LogP contribution is -2.17. The lowest BCUT2D eigenvalue weighted by Gasteiger charge is -2.08. The van der Waals surface area contributed by atoms with E-state index in [1.165, 1.54) is 30.0 Å². The average Bonchev–Trinajstić information content (AvgIpc) is 3.02. The van der Waals surface area contributed by atoms with Crippen LogP contribution in [0, 0.1) is 0 Å². The maximum atomic E-state index is 12.3. The number of aromatic nitrogens is 2. The zero-order valence-electron chi connectivity index (χ0n) is 12.2. The van der Waals surface area contributed by atoms with Gasteiger partial charge in [-0.15, -0.1) is 23.4 Å². The van der Waals surface area contributed by atoms with Gasteiger partial charge in [0, 0.05) is 11.3 Å². The summed E-state index contributed by atoms with van der Waals surface area (Å²) >= 11 is 1.35. The monoisotopic (exact) mass is 352 g/mol.